The number of nitrogens with zero attached hydrogens (tertiary/aromatic N) is 2. The second-order valence-electron chi connectivity index (χ2n) is 5.05. The lowest BCUT2D eigenvalue weighted by Crippen LogP contribution is -2.25. The van der Waals surface area contributed by atoms with Gasteiger partial charge in [-0.2, -0.15) is 0 Å². The number of amidine groups is 1. The van der Waals surface area contributed by atoms with Crippen LogP contribution in [0.3, 0.4) is 0 Å². The molecule has 90 valence electrons. The minimum Gasteiger partial charge on any atom is -0.383 e. The predicted octanol–water partition coefficient (Wildman–Crippen LogP) is 1.63. The molecule has 1 aromatic carbocycles. The summed E-state index contributed by atoms with van der Waals surface area (Å²) >= 11 is 0. The van der Waals surface area contributed by atoms with E-state index in [4.69, 9.17) is 5.73 Å². The molecular formula is C14H19N3. The lowest BCUT2D eigenvalue weighted by molar-refractivity contribution is 0.324. The minimum atomic E-state index is 0.399. The van der Waals surface area contributed by atoms with Crippen molar-refractivity contribution in [2.24, 2.45) is 10.7 Å². The third kappa shape index (κ3) is 2.50. The molecule has 0 bridgehead atoms. The molecule has 1 aliphatic heterocycles. The van der Waals surface area contributed by atoms with Crippen LogP contribution in [0.4, 0.5) is 0 Å². The van der Waals surface area contributed by atoms with E-state index in [9.17, 15) is 0 Å². The average Bonchev–Trinajstić information content (AvgIpc) is 3.12. The first-order chi connectivity index (χ1) is 8.33. The Morgan fingerprint density at radius 1 is 1.18 bits per heavy atom. The number of hydrogen-bond acceptors (Lipinski definition) is 2. The van der Waals surface area contributed by atoms with Crippen LogP contribution in [0.5, 0.6) is 0 Å². The molecule has 1 aromatic rings. The van der Waals surface area contributed by atoms with E-state index in [0.29, 0.717) is 11.9 Å². The highest BCUT2D eigenvalue weighted by molar-refractivity contribution is 5.97. The molecule has 1 saturated heterocycles. The first-order valence-electron chi connectivity index (χ1n) is 6.45. The normalized spacial score (nSPS) is 26.4. The monoisotopic (exact) mass is 229 g/mol. The van der Waals surface area contributed by atoms with Crippen LogP contribution in [0.1, 0.15) is 24.8 Å². The second-order valence-corrected chi connectivity index (χ2v) is 5.05. The number of nitrogens with two attached hydrogens (primary N) is 1. The molecule has 2 N–H and O–H groups in total. The molecule has 3 nitrogen and oxygen atoms in total. The van der Waals surface area contributed by atoms with Gasteiger partial charge in [0, 0.05) is 24.7 Å². The van der Waals surface area contributed by atoms with Gasteiger partial charge in [-0.25, -0.2) is 0 Å². The molecular weight excluding hydrogens is 210 g/mol. The Hall–Kier alpha value is -1.35. The van der Waals surface area contributed by atoms with Crippen molar-refractivity contribution in [1.82, 2.24) is 4.90 Å². The molecule has 3 heteroatoms. The quantitative estimate of drug-likeness (QED) is 0.632. The molecule has 1 atom stereocenters. The van der Waals surface area contributed by atoms with Crippen molar-refractivity contribution in [3.8, 4) is 0 Å². The highest BCUT2D eigenvalue weighted by Crippen LogP contribution is 2.30. The van der Waals surface area contributed by atoms with E-state index in [1.54, 1.807) is 0 Å². The standard InChI is InChI=1S/C14H19N3/c15-14(11-4-2-1-3-5-11)16-12-8-9-17(10-12)13-6-7-13/h1-5,12-13H,6-10H2,(H2,15,16). The van der Waals surface area contributed by atoms with Crippen molar-refractivity contribution >= 4 is 5.84 Å². The van der Waals surface area contributed by atoms with E-state index in [2.05, 4.69) is 9.89 Å². The van der Waals surface area contributed by atoms with Gasteiger partial charge in [-0.05, 0) is 19.3 Å². The summed E-state index contributed by atoms with van der Waals surface area (Å²) in [5.74, 6) is 0.688. The van der Waals surface area contributed by atoms with Crippen molar-refractivity contribution < 1.29 is 0 Å². The SMILES string of the molecule is NC(=NC1CCN(C2CC2)C1)c1ccccc1. The predicted molar refractivity (Wildman–Crippen MR) is 70.2 cm³/mol. The molecule has 17 heavy (non-hydrogen) atoms. The maximum atomic E-state index is 6.04. The molecule has 1 heterocycles. The van der Waals surface area contributed by atoms with Gasteiger partial charge in [0.15, 0.2) is 0 Å². The zero-order valence-electron chi connectivity index (χ0n) is 10.0. The average molecular weight is 229 g/mol. The molecule has 3 rings (SSSR count). The fourth-order valence-corrected chi connectivity index (χ4v) is 2.52. The summed E-state index contributed by atoms with van der Waals surface area (Å²) in [4.78, 5) is 7.22. The van der Waals surface area contributed by atoms with E-state index >= 15 is 0 Å². The Bertz CT molecular complexity index is 409. The maximum absolute atomic E-state index is 6.04. The van der Waals surface area contributed by atoms with Crippen LogP contribution in [0.15, 0.2) is 35.3 Å². The van der Waals surface area contributed by atoms with Crippen LogP contribution >= 0.6 is 0 Å². The molecule has 0 aromatic heterocycles. The van der Waals surface area contributed by atoms with Gasteiger partial charge in [-0.15, -0.1) is 0 Å². The third-order valence-corrected chi connectivity index (χ3v) is 3.65. The summed E-state index contributed by atoms with van der Waals surface area (Å²) in [6.07, 6.45) is 3.92. The summed E-state index contributed by atoms with van der Waals surface area (Å²) in [7, 11) is 0. The van der Waals surface area contributed by atoms with Crippen LogP contribution in [0.2, 0.25) is 0 Å². The number of likely N-dealkylation sites (tertiary alicyclic amines) is 1. The zero-order valence-corrected chi connectivity index (χ0v) is 10.0. The summed E-state index contributed by atoms with van der Waals surface area (Å²) in [6, 6.07) is 11.3. The fourth-order valence-electron chi connectivity index (χ4n) is 2.52. The molecule has 0 radical (unpaired) electrons. The van der Waals surface area contributed by atoms with E-state index < -0.39 is 0 Å². The molecule has 2 fully saturated rings. The zero-order chi connectivity index (χ0) is 11.7. The number of rotatable bonds is 3. The third-order valence-electron chi connectivity index (χ3n) is 3.65. The van der Waals surface area contributed by atoms with Gasteiger partial charge in [-0.1, -0.05) is 30.3 Å². The molecule has 1 unspecified atom stereocenters. The Kier molecular flexibility index (Phi) is 2.85. The van der Waals surface area contributed by atoms with Crippen LogP contribution in [-0.4, -0.2) is 35.9 Å². The van der Waals surface area contributed by atoms with Crippen molar-refractivity contribution in [3.63, 3.8) is 0 Å². The van der Waals surface area contributed by atoms with Crippen molar-refractivity contribution in [2.45, 2.75) is 31.3 Å². The first-order valence-corrected chi connectivity index (χ1v) is 6.45. The summed E-state index contributed by atoms with van der Waals surface area (Å²) in [6.45, 7) is 2.29. The van der Waals surface area contributed by atoms with Crippen molar-refractivity contribution in [2.75, 3.05) is 13.1 Å². The fraction of sp³-hybridized carbons (Fsp3) is 0.500. The van der Waals surface area contributed by atoms with E-state index in [1.165, 1.54) is 19.4 Å². The topological polar surface area (TPSA) is 41.6 Å². The molecule has 0 amide bonds. The molecule has 1 saturated carbocycles. The summed E-state index contributed by atoms with van der Waals surface area (Å²) < 4.78 is 0. The second kappa shape index (κ2) is 4.49. The van der Waals surface area contributed by atoms with E-state index in [1.807, 2.05) is 30.3 Å². The number of benzene rings is 1. The summed E-state index contributed by atoms with van der Waals surface area (Å²) in [5.41, 5.74) is 7.08. The van der Waals surface area contributed by atoms with Gasteiger partial charge in [0.05, 0.1) is 6.04 Å². The Morgan fingerprint density at radius 3 is 2.65 bits per heavy atom. The number of hydrogen-bond donors (Lipinski definition) is 1. The minimum absolute atomic E-state index is 0.399. The van der Waals surface area contributed by atoms with E-state index in [-0.39, 0.29) is 0 Å². The largest absolute Gasteiger partial charge is 0.383 e. The van der Waals surface area contributed by atoms with Gasteiger partial charge >= 0.3 is 0 Å². The summed E-state index contributed by atoms with van der Waals surface area (Å²) in [5, 5.41) is 0. The van der Waals surface area contributed by atoms with Gasteiger partial charge in [0.2, 0.25) is 0 Å². The smallest absolute Gasteiger partial charge is 0.125 e. The number of aliphatic imine (C=N–C) groups is 1. The Labute approximate surface area is 102 Å². The Balaban J connectivity index is 1.65. The highest BCUT2D eigenvalue weighted by atomic mass is 15.2. The van der Waals surface area contributed by atoms with Crippen LogP contribution in [0.25, 0.3) is 0 Å². The van der Waals surface area contributed by atoms with Crippen LogP contribution < -0.4 is 5.73 Å². The maximum Gasteiger partial charge on any atom is 0.125 e. The molecule has 1 aliphatic carbocycles. The lowest BCUT2D eigenvalue weighted by Gasteiger charge is -2.13. The lowest BCUT2D eigenvalue weighted by atomic mass is 10.2. The van der Waals surface area contributed by atoms with Gasteiger partial charge in [0.25, 0.3) is 0 Å². The Morgan fingerprint density at radius 2 is 1.94 bits per heavy atom. The highest BCUT2D eigenvalue weighted by Gasteiger charge is 2.34. The van der Waals surface area contributed by atoms with E-state index in [0.717, 1.165) is 24.6 Å². The first kappa shape index (κ1) is 10.8. The van der Waals surface area contributed by atoms with Gasteiger partial charge in [0.1, 0.15) is 5.84 Å². The van der Waals surface area contributed by atoms with Gasteiger partial charge in [-0.3, -0.25) is 9.89 Å². The molecule has 2 aliphatic rings. The van der Waals surface area contributed by atoms with Crippen molar-refractivity contribution in [1.29, 1.82) is 0 Å². The van der Waals surface area contributed by atoms with Crippen LogP contribution in [0, 0.1) is 0 Å². The van der Waals surface area contributed by atoms with Gasteiger partial charge < -0.3 is 5.73 Å². The molecule has 0 spiro atoms. The van der Waals surface area contributed by atoms with Crippen LogP contribution in [-0.2, 0) is 0 Å². The van der Waals surface area contributed by atoms with Crippen molar-refractivity contribution in [3.05, 3.63) is 35.9 Å².